The van der Waals surface area contributed by atoms with E-state index in [0.29, 0.717) is 13.2 Å². The zero-order valence-electron chi connectivity index (χ0n) is 14.7. The first-order valence-corrected chi connectivity index (χ1v) is 9.34. The van der Waals surface area contributed by atoms with Crippen molar-refractivity contribution in [3.05, 3.63) is 17.4 Å². The SMILES string of the molecule is CNS(=O)(=O)c1cc(C(=O)NCC2(COC)CCNCC2)c(C)o1.Cl. The number of hydrogen-bond donors (Lipinski definition) is 3. The monoisotopic (exact) mass is 395 g/mol. The first-order valence-electron chi connectivity index (χ1n) is 7.85. The highest BCUT2D eigenvalue weighted by molar-refractivity contribution is 7.89. The Kier molecular flexibility index (Phi) is 7.88. The third kappa shape index (κ3) is 5.18. The van der Waals surface area contributed by atoms with E-state index in [-0.39, 0.29) is 40.1 Å². The number of furan rings is 1. The van der Waals surface area contributed by atoms with E-state index in [1.807, 2.05) is 0 Å². The van der Waals surface area contributed by atoms with Crippen LogP contribution in [0.3, 0.4) is 0 Å². The molecule has 0 radical (unpaired) electrons. The molecule has 25 heavy (non-hydrogen) atoms. The third-order valence-corrected chi connectivity index (χ3v) is 5.68. The van der Waals surface area contributed by atoms with Gasteiger partial charge in [0.1, 0.15) is 5.76 Å². The average molecular weight is 396 g/mol. The summed E-state index contributed by atoms with van der Waals surface area (Å²) in [4.78, 5) is 12.4. The number of halogens is 1. The highest BCUT2D eigenvalue weighted by atomic mass is 35.5. The number of methoxy groups -OCH3 is 1. The lowest BCUT2D eigenvalue weighted by atomic mass is 9.79. The van der Waals surface area contributed by atoms with E-state index in [0.717, 1.165) is 25.9 Å². The van der Waals surface area contributed by atoms with Gasteiger partial charge in [0.2, 0.25) is 5.09 Å². The number of nitrogens with one attached hydrogen (secondary N) is 3. The summed E-state index contributed by atoms with van der Waals surface area (Å²) >= 11 is 0. The number of ether oxygens (including phenoxy) is 1. The molecule has 1 aliphatic heterocycles. The van der Waals surface area contributed by atoms with Crippen molar-refractivity contribution in [2.45, 2.75) is 24.9 Å². The summed E-state index contributed by atoms with van der Waals surface area (Å²) in [6, 6.07) is 1.25. The van der Waals surface area contributed by atoms with Gasteiger partial charge in [-0.3, -0.25) is 4.79 Å². The lowest BCUT2D eigenvalue weighted by Crippen LogP contribution is -2.47. The van der Waals surface area contributed by atoms with Crippen molar-refractivity contribution >= 4 is 28.3 Å². The Hall–Kier alpha value is -1.13. The first kappa shape index (κ1) is 21.9. The number of aryl methyl sites for hydroxylation is 1. The Balaban J connectivity index is 0.00000312. The van der Waals surface area contributed by atoms with Gasteiger partial charge in [-0.05, 0) is 39.9 Å². The summed E-state index contributed by atoms with van der Waals surface area (Å²) in [6.45, 7) is 4.38. The maximum absolute atomic E-state index is 12.4. The molecule has 10 heteroatoms. The highest BCUT2D eigenvalue weighted by Crippen LogP contribution is 2.28. The molecule has 1 aromatic heterocycles. The minimum absolute atomic E-state index is 0. The van der Waals surface area contributed by atoms with E-state index in [9.17, 15) is 13.2 Å². The molecular formula is C15H26ClN3O5S. The van der Waals surface area contributed by atoms with Gasteiger partial charge in [-0.1, -0.05) is 0 Å². The zero-order chi connectivity index (χ0) is 17.8. The smallest absolute Gasteiger partial charge is 0.273 e. The molecule has 1 aliphatic rings. The largest absolute Gasteiger partial charge is 0.448 e. The fraction of sp³-hybridized carbons (Fsp3) is 0.667. The van der Waals surface area contributed by atoms with Gasteiger partial charge in [0, 0.05) is 25.1 Å². The maximum atomic E-state index is 12.4. The summed E-state index contributed by atoms with van der Waals surface area (Å²) in [6.07, 6.45) is 1.82. The number of rotatable bonds is 7. The molecule has 0 unspecified atom stereocenters. The van der Waals surface area contributed by atoms with E-state index in [1.165, 1.54) is 13.1 Å². The molecular weight excluding hydrogens is 370 g/mol. The van der Waals surface area contributed by atoms with Crippen LogP contribution in [0.4, 0.5) is 0 Å². The fourth-order valence-corrected chi connectivity index (χ4v) is 3.62. The van der Waals surface area contributed by atoms with Crippen LogP contribution >= 0.6 is 12.4 Å². The molecule has 3 N–H and O–H groups in total. The molecule has 2 rings (SSSR count). The summed E-state index contributed by atoms with van der Waals surface area (Å²) in [7, 11) is -0.771. The van der Waals surface area contributed by atoms with Crippen LogP contribution in [0, 0.1) is 12.3 Å². The van der Waals surface area contributed by atoms with E-state index in [4.69, 9.17) is 9.15 Å². The Labute approximate surface area is 154 Å². The van der Waals surface area contributed by atoms with Gasteiger partial charge in [-0.2, -0.15) is 0 Å². The standard InChI is InChI=1S/C15H25N3O5S.ClH/c1-11-12(8-13(23-11)24(20,21)16-2)14(19)18-9-15(10-22-3)4-6-17-7-5-15;/h8,16-17H,4-7,9-10H2,1-3H3,(H,18,19);1H. The van der Waals surface area contributed by atoms with E-state index in [1.54, 1.807) is 14.0 Å². The third-order valence-electron chi connectivity index (χ3n) is 4.41. The van der Waals surface area contributed by atoms with Crippen LogP contribution in [-0.2, 0) is 14.8 Å². The van der Waals surface area contributed by atoms with Crippen LogP contribution in [0.5, 0.6) is 0 Å². The molecule has 0 atom stereocenters. The molecule has 1 amide bonds. The van der Waals surface area contributed by atoms with Crippen molar-refractivity contribution < 1.29 is 22.4 Å². The van der Waals surface area contributed by atoms with Gasteiger partial charge < -0.3 is 19.8 Å². The molecule has 2 heterocycles. The van der Waals surface area contributed by atoms with Gasteiger partial charge in [0.05, 0.1) is 12.2 Å². The van der Waals surface area contributed by atoms with Gasteiger partial charge in [0.15, 0.2) is 0 Å². The quantitative estimate of drug-likeness (QED) is 0.625. The zero-order valence-corrected chi connectivity index (χ0v) is 16.3. The molecule has 0 spiro atoms. The number of hydrogen-bond acceptors (Lipinski definition) is 6. The topological polar surface area (TPSA) is 110 Å². The predicted molar refractivity (Wildman–Crippen MR) is 95.7 cm³/mol. The Morgan fingerprint density at radius 1 is 1.40 bits per heavy atom. The molecule has 1 fully saturated rings. The summed E-state index contributed by atoms with van der Waals surface area (Å²) < 4.78 is 36.2. The molecule has 144 valence electrons. The van der Waals surface area contributed by atoms with E-state index in [2.05, 4.69) is 15.4 Å². The number of sulfonamides is 1. The van der Waals surface area contributed by atoms with Crippen molar-refractivity contribution in [3.8, 4) is 0 Å². The number of carbonyl (C=O) groups is 1. The van der Waals surface area contributed by atoms with Gasteiger partial charge in [-0.25, -0.2) is 13.1 Å². The normalized spacial score (nSPS) is 16.9. The lowest BCUT2D eigenvalue weighted by molar-refractivity contribution is 0.0511. The Bertz CT molecular complexity index is 678. The summed E-state index contributed by atoms with van der Waals surface area (Å²) in [5, 5.41) is 5.93. The van der Waals surface area contributed by atoms with Gasteiger partial charge in [-0.15, -0.1) is 12.4 Å². The number of piperidine rings is 1. The van der Waals surface area contributed by atoms with Crippen molar-refractivity contribution in [2.24, 2.45) is 5.41 Å². The van der Waals surface area contributed by atoms with Gasteiger partial charge in [0.25, 0.3) is 15.9 Å². The van der Waals surface area contributed by atoms with E-state index >= 15 is 0 Å². The van der Waals surface area contributed by atoms with Crippen LogP contribution < -0.4 is 15.4 Å². The second-order valence-corrected chi connectivity index (χ2v) is 7.93. The van der Waals surface area contributed by atoms with E-state index < -0.39 is 10.0 Å². The summed E-state index contributed by atoms with van der Waals surface area (Å²) in [5.41, 5.74) is 0.123. The first-order chi connectivity index (χ1) is 11.3. The second kappa shape index (κ2) is 9.00. The van der Waals surface area contributed by atoms with Crippen molar-refractivity contribution in [3.63, 3.8) is 0 Å². The fourth-order valence-electron chi connectivity index (χ4n) is 2.91. The van der Waals surface area contributed by atoms with Crippen LogP contribution in [0.25, 0.3) is 0 Å². The summed E-state index contributed by atoms with van der Waals surface area (Å²) in [5.74, 6) is -0.0739. The Morgan fingerprint density at radius 2 is 2.04 bits per heavy atom. The number of amides is 1. The van der Waals surface area contributed by atoms with Crippen LogP contribution in [0.2, 0.25) is 0 Å². The van der Waals surface area contributed by atoms with Crippen LogP contribution in [0.15, 0.2) is 15.6 Å². The predicted octanol–water partition coefficient (Wildman–Crippen LogP) is 0.664. The number of carbonyl (C=O) groups excluding carboxylic acids is 1. The van der Waals surface area contributed by atoms with Crippen molar-refractivity contribution in [1.82, 2.24) is 15.4 Å². The van der Waals surface area contributed by atoms with Crippen molar-refractivity contribution in [2.75, 3.05) is 40.4 Å². The lowest BCUT2D eigenvalue weighted by Gasteiger charge is -2.37. The van der Waals surface area contributed by atoms with Crippen LogP contribution in [-0.4, -0.2) is 54.7 Å². The molecule has 0 bridgehead atoms. The van der Waals surface area contributed by atoms with Crippen molar-refractivity contribution in [1.29, 1.82) is 0 Å². The molecule has 8 nitrogen and oxygen atoms in total. The second-order valence-electron chi connectivity index (χ2n) is 6.11. The molecule has 1 saturated heterocycles. The molecule has 0 aliphatic carbocycles. The maximum Gasteiger partial charge on any atom is 0.273 e. The minimum atomic E-state index is -3.71. The van der Waals surface area contributed by atoms with Gasteiger partial charge >= 0.3 is 0 Å². The molecule has 0 aromatic carbocycles. The minimum Gasteiger partial charge on any atom is -0.448 e. The average Bonchev–Trinajstić information content (AvgIpc) is 2.97. The molecule has 1 aromatic rings. The van der Waals surface area contributed by atoms with Crippen LogP contribution in [0.1, 0.15) is 29.0 Å². The highest BCUT2D eigenvalue weighted by Gasteiger charge is 2.33. The molecule has 0 saturated carbocycles. The Morgan fingerprint density at radius 3 is 2.60 bits per heavy atom.